The van der Waals surface area contributed by atoms with E-state index in [2.05, 4.69) is 9.97 Å². The van der Waals surface area contributed by atoms with Gasteiger partial charge in [0.15, 0.2) is 0 Å². The van der Waals surface area contributed by atoms with E-state index in [-0.39, 0.29) is 0 Å². The third-order valence-corrected chi connectivity index (χ3v) is 2.47. The number of nitrogens with two attached hydrogens (primary N) is 1. The maximum absolute atomic E-state index is 5.62. The van der Waals surface area contributed by atoms with Gasteiger partial charge in [0.1, 0.15) is 18.2 Å². The fourth-order valence-corrected chi connectivity index (χ4v) is 1.75. The molecule has 74 valence electrons. The zero-order valence-corrected chi connectivity index (χ0v) is 7.97. The van der Waals surface area contributed by atoms with Crippen molar-refractivity contribution in [3.05, 3.63) is 36.3 Å². The number of pyridine rings is 2. The van der Waals surface area contributed by atoms with Gasteiger partial charge in [0.25, 0.3) is 0 Å². The fourth-order valence-electron chi connectivity index (χ4n) is 1.75. The Hall–Kier alpha value is -2.10. The van der Waals surface area contributed by atoms with Crippen LogP contribution < -0.4 is 10.5 Å². The highest BCUT2D eigenvalue weighted by atomic mass is 16.5. The van der Waals surface area contributed by atoms with E-state index in [4.69, 9.17) is 10.5 Å². The Balaban J connectivity index is 2.26. The van der Waals surface area contributed by atoms with Gasteiger partial charge in [-0.25, -0.2) is 4.98 Å². The molecule has 0 spiro atoms. The first-order chi connectivity index (χ1) is 7.34. The van der Waals surface area contributed by atoms with E-state index in [1.54, 1.807) is 18.6 Å². The zero-order valence-electron chi connectivity index (χ0n) is 7.97. The smallest absolute Gasteiger partial charge is 0.145 e. The van der Waals surface area contributed by atoms with E-state index >= 15 is 0 Å². The highest BCUT2D eigenvalue weighted by molar-refractivity contribution is 5.74. The van der Waals surface area contributed by atoms with Crippen molar-refractivity contribution >= 4 is 5.82 Å². The SMILES string of the molecule is Nc1cc2c(cn1)-c1ccncc1OC2. The van der Waals surface area contributed by atoms with Crippen molar-refractivity contribution < 1.29 is 4.74 Å². The minimum absolute atomic E-state index is 0.523. The number of fused-ring (bicyclic) bond motifs is 3. The molecule has 0 unspecified atom stereocenters. The number of hydrogen-bond acceptors (Lipinski definition) is 4. The lowest BCUT2D eigenvalue weighted by Gasteiger charge is -2.19. The van der Waals surface area contributed by atoms with Crippen molar-refractivity contribution in [3.8, 4) is 16.9 Å². The van der Waals surface area contributed by atoms with E-state index < -0.39 is 0 Å². The Labute approximate surface area is 86.7 Å². The standard InChI is InChI=1S/C11H9N3O/c12-11-3-7-6-15-10-5-13-2-1-8(10)9(7)4-14-11/h1-5H,6H2,(H2,12,14). The van der Waals surface area contributed by atoms with Crippen LogP contribution >= 0.6 is 0 Å². The largest absolute Gasteiger partial charge is 0.487 e. The molecule has 0 radical (unpaired) electrons. The van der Waals surface area contributed by atoms with Crippen LogP contribution in [0.2, 0.25) is 0 Å². The Morgan fingerprint density at radius 3 is 3.13 bits per heavy atom. The highest BCUT2D eigenvalue weighted by Gasteiger charge is 2.17. The first kappa shape index (κ1) is 8.23. The van der Waals surface area contributed by atoms with Gasteiger partial charge in [0, 0.05) is 29.1 Å². The van der Waals surface area contributed by atoms with Crippen LogP contribution in [0.15, 0.2) is 30.7 Å². The molecule has 1 aliphatic rings. The first-order valence-electron chi connectivity index (χ1n) is 4.66. The van der Waals surface area contributed by atoms with E-state index in [1.807, 2.05) is 12.1 Å². The third kappa shape index (κ3) is 1.22. The quantitative estimate of drug-likeness (QED) is 0.700. The average molecular weight is 199 g/mol. The summed E-state index contributed by atoms with van der Waals surface area (Å²) < 4.78 is 5.56. The summed E-state index contributed by atoms with van der Waals surface area (Å²) in [4.78, 5) is 8.11. The normalized spacial score (nSPS) is 12.5. The molecule has 4 heteroatoms. The van der Waals surface area contributed by atoms with Gasteiger partial charge < -0.3 is 10.5 Å². The summed E-state index contributed by atoms with van der Waals surface area (Å²) >= 11 is 0. The molecule has 1 aliphatic heterocycles. The molecule has 2 N–H and O–H groups in total. The van der Waals surface area contributed by atoms with Crippen LogP contribution in [0, 0.1) is 0 Å². The lowest BCUT2D eigenvalue weighted by atomic mass is 10.0. The highest BCUT2D eigenvalue weighted by Crippen LogP contribution is 2.36. The second-order valence-corrected chi connectivity index (χ2v) is 3.43. The summed E-state index contributed by atoms with van der Waals surface area (Å²) in [5, 5.41) is 0. The number of aromatic nitrogens is 2. The van der Waals surface area contributed by atoms with Crippen LogP contribution in [0.25, 0.3) is 11.1 Å². The van der Waals surface area contributed by atoms with Gasteiger partial charge in [-0.05, 0) is 12.1 Å². The molecule has 3 heterocycles. The third-order valence-electron chi connectivity index (χ3n) is 2.47. The summed E-state index contributed by atoms with van der Waals surface area (Å²) in [6, 6.07) is 3.77. The van der Waals surface area contributed by atoms with Crippen LogP contribution in [0.3, 0.4) is 0 Å². The molecule has 0 amide bonds. The molecule has 0 saturated heterocycles. The van der Waals surface area contributed by atoms with Gasteiger partial charge in [-0.1, -0.05) is 0 Å². The van der Waals surface area contributed by atoms with Crippen molar-refractivity contribution in [2.24, 2.45) is 0 Å². The Morgan fingerprint density at radius 2 is 2.20 bits per heavy atom. The molecule has 15 heavy (non-hydrogen) atoms. The maximum Gasteiger partial charge on any atom is 0.145 e. The number of ether oxygens (including phenoxy) is 1. The van der Waals surface area contributed by atoms with E-state index in [9.17, 15) is 0 Å². The van der Waals surface area contributed by atoms with Gasteiger partial charge in [0.2, 0.25) is 0 Å². The summed E-state index contributed by atoms with van der Waals surface area (Å²) in [5.74, 6) is 1.33. The molecule has 3 rings (SSSR count). The molecular formula is C11H9N3O. The predicted molar refractivity (Wildman–Crippen MR) is 56.2 cm³/mol. The van der Waals surface area contributed by atoms with Crippen molar-refractivity contribution in [2.45, 2.75) is 6.61 Å². The maximum atomic E-state index is 5.62. The Kier molecular flexibility index (Phi) is 1.62. The number of nitrogens with zero attached hydrogens (tertiary/aromatic N) is 2. The van der Waals surface area contributed by atoms with Crippen molar-refractivity contribution in [2.75, 3.05) is 5.73 Å². The predicted octanol–water partition coefficient (Wildman–Crippen LogP) is 1.62. The lowest BCUT2D eigenvalue weighted by molar-refractivity contribution is 0.301. The van der Waals surface area contributed by atoms with Crippen LogP contribution in [0.4, 0.5) is 5.82 Å². The molecule has 2 aromatic rings. The van der Waals surface area contributed by atoms with Gasteiger partial charge in [0.05, 0.1) is 6.20 Å². The topological polar surface area (TPSA) is 61.0 Å². The van der Waals surface area contributed by atoms with Crippen molar-refractivity contribution in [3.63, 3.8) is 0 Å². The number of hydrogen-bond donors (Lipinski definition) is 1. The monoisotopic (exact) mass is 199 g/mol. The average Bonchev–Trinajstić information content (AvgIpc) is 2.28. The summed E-state index contributed by atoms with van der Waals surface area (Å²) in [6.45, 7) is 0.529. The number of nitrogen functional groups attached to an aromatic ring is 1. The van der Waals surface area contributed by atoms with E-state index in [0.29, 0.717) is 12.4 Å². The molecule has 4 nitrogen and oxygen atoms in total. The molecule has 2 aromatic heterocycles. The van der Waals surface area contributed by atoms with E-state index in [0.717, 1.165) is 22.4 Å². The van der Waals surface area contributed by atoms with Crippen molar-refractivity contribution in [1.82, 2.24) is 9.97 Å². The van der Waals surface area contributed by atoms with Crippen LogP contribution in [-0.4, -0.2) is 9.97 Å². The Bertz CT molecular complexity index is 525. The van der Waals surface area contributed by atoms with Gasteiger partial charge in [-0.15, -0.1) is 0 Å². The van der Waals surface area contributed by atoms with E-state index in [1.165, 1.54) is 0 Å². The molecule has 0 fully saturated rings. The van der Waals surface area contributed by atoms with Crippen LogP contribution in [0.5, 0.6) is 5.75 Å². The number of anilines is 1. The summed E-state index contributed by atoms with van der Waals surface area (Å²) in [6.07, 6.45) is 5.24. The molecule has 0 bridgehead atoms. The van der Waals surface area contributed by atoms with Gasteiger partial charge >= 0.3 is 0 Å². The molecule has 0 saturated carbocycles. The molecular weight excluding hydrogens is 190 g/mol. The van der Waals surface area contributed by atoms with Crippen LogP contribution in [0.1, 0.15) is 5.56 Å². The zero-order chi connectivity index (χ0) is 10.3. The second-order valence-electron chi connectivity index (χ2n) is 3.43. The van der Waals surface area contributed by atoms with Crippen LogP contribution in [-0.2, 0) is 6.61 Å². The Morgan fingerprint density at radius 1 is 1.27 bits per heavy atom. The minimum Gasteiger partial charge on any atom is -0.487 e. The molecule has 0 aromatic carbocycles. The first-order valence-corrected chi connectivity index (χ1v) is 4.66. The molecule has 0 aliphatic carbocycles. The fraction of sp³-hybridized carbons (Fsp3) is 0.0909. The lowest BCUT2D eigenvalue weighted by Crippen LogP contribution is -2.07. The summed E-state index contributed by atoms with van der Waals surface area (Å²) in [5.41, 5.74) is 8.80. The summed E-state index contributed by atoms with van der Waals surface area (Å²) in [7, 11) is 0. The minimum atomic E-state index is 0.523. The van der Waals surface area contributed by atoms with Crippen molar-refractivity contribution in [1.29, 1.82) is 0 Å². The second kappa shape index (κ2) is 2.95. The van der Waals surface area contributed by atoms with Gasteiger partial charge in [-0.3, -0.25) is 4.98 Å². The van der Waals surface area contributed by atoms with Gasteiger partial charge in [-0.2, -0.15) is 0 Å². The molecule has 0 atom stereocenters. The number of rotatable bonds is 0.